The van der Waals surface area contributed by atoms with Gasteiger partial charge in [0, 0.05) is 12.1 Å². The molecule has 2 aliphatic rings. The molecule has 0 bridgehead atoms. The van der Waals surface area contributed by atoms with Crippen LogP contribution in [0.3, 0.4) is 0 Å². The molecule has 2 saturated carbocycles. The van der Waals surface area contributed by atoms with Crippen LogP contribution < -0.4 is 5.32 Å². The fourth-order valence-electron chi connectivity index (χ4n) is 2.61. The summed E-state index contributed by atoms with van der Waals surface area (Å²) in [4.78, 5) is 11.9. The fourth-order valence-corrected chi connectivity index (χ4v) is 2.61. The first-order chi connectivity index (χ1) is 8.61. The van der Waals surface area contributed by atoms with E-state index in [9.17, 15) is 15.0 Å². The van der Waals surface area contributed by atoms with Gasteiger partial charge in [0.25, 0.3) is 5.91 Å². The summed E-state index contributed by atoms with van der Waals surface area (Å²) in [6, 6.07) is 4.14. The molecule has 4 heteroatoms. The minimum absolute atomic E-state index is 0.183. The second kappa shape index (κ2) is 3.90. The number of benzene rings is 1. The maximum absolute atomic E-state index is 11.9. The van der Waals surface area contributed by atoms with Crippen molar-refractivity contribution in [1.82, 2.24) is 5.32 Å². The molecule has 0 radical (unpaired) electrons. The highest BCUT2D eigenvalue weighted by atomic mass is 16.3. The molecule has 18 heavy (non-hydrogen) atoms. The van der Waals surface area contributed by atoms with Crippen molar-refractivity contribution in [3.63, 3.8) is 0 Å². The molecular formula is C14H17NO3. The molecule has 0 aromatic heterocycles. The summed E-state index contributed by atoms with van der Waals surface area (Å²) in [5.41, 5.74) is 0.756. The van der Waals surface area contributed by atoms with E-state index in [1.165, 1.54) is 43.9 Å². The Bertz CT molecular complexity index is 490. The second-order valence-electron chi connectivity index (χ2n) is 5.52. The van der Waals surface area contributed by atoms with E-state index in [0.717, 1.165) is 12.5 Å². The summed E-state index contributed by atoms with van der Waals surface area (Å²) in [5.74, 6) is 0.164. The lowest BCUT2D eigenvalue weighted by molar-refractivity contribution is 0.0942. The Morgan fingerprint density at radius 3 is 2.56 bits per heavy atom. The van der Waals surface area contributed by atoms with Gasteiger partial charge in [-0.15, -0.1) is 0 Å². The maximum atomic E-state index is 11.9. The molecule has 3 rings (SSSR count). The monoisotopic (exact) mass is 247 g/mol. The first-order valence-electron chi connectivity index (χ1n) is 6.41. The van der Waals surface area contributed by atoms with Crippen molar-refractivity contribution in [1.29, 1.82) is 0 Å². The van der Waals surface area contributed by atoms with E-state index in [0.29, 0.717) is 11.0 Å². The highest BCUT2D eigenvalue weighted by molar-refractivity contribution is 5.94. The third-order valence-corrected chi connectivity index (χ3v) is 4.17. The summed E-state index contributed by atoms with van der Waals surface area (Å²) in [6.45, 7) is 0.734. The van der Waals surface area contributed by atoms with Gasteiger partial charge in [-0.1, -0.05) is 0 Å². The van der Waals surface area contributed by atoms with Crippen LogP contribution in [0.5, 0.6) is 11.5 Å². The normalized spacial score (nSPS) is 20.4. The fraction of sp³-hybridized carbons (Fsp3) is 0.500. The number of hydrogen-bond donors (Lipinski definition) is 3. The Morgan fingerprint density at radius 1 is 1.28 bits per heavy atom. The smallest absolute Gasteiger partial charge is 0.251 e. The van der Waals surface area contributed by atoms with E-state index in [2.05, 4.69) is 5.32 Å². The van der Waals surface area contributed by atoms with Gasteiger partial charge in [0.15, 0.2) is 11.5 Å². The predicted octanol–water partition coefficient (Wildman–Crippen LogP) is 2.02. The predicted molar refractivity (Wildman–Crippen MR) is 66.5 cm³/mol. The van der Waals surface area contributed by atoms with Gasteiger partial charge in [-0.3, -0.25) is 4.79 Å². The van der Waals surface area contributed by atoms with Crippen molar-refractivity contribution in [3.8, 4) is 11.5 Å². The maximum Gasteiger partial charge on any atom is 0.251 e. The summed E-state index contributed by atoms with van der Waals surface area (Å²) in [5, 5.41) is 21.5. The van der Waals surface area contributed by atoms with Crippen molar-refractivity contribution in [2.75, 3.05) is 6.54 Å². The summed E-state index contributed by atoms with van der Waals surface area (Å²) < 4.78 is 0. The number of phenols is 2. The molecule has 2 fully saturated rings. The molecule has 0 heterocycles. The molecule has 2 aliphatic carbocycles. The number of carbonyl (C=O) groups is 1. The second-order valence-corrected chi connectivity index (χ2v) is 5.52. The molecule has 0 aliphatic heterocycles. The van der Waals surface area contributed by atoms with Crippen LogP contribution in [0.2, 0.25) is 0 Å². The molecule has 1 aromatic carbocycles. The van der Waals surface area contributed by atoms with Gasteiger partial charge >= 0.3 is 0 Å². The molecule has 96 valence electrons. The van der Waals surface area contributed by atoms with Crippen molar-refractivity contribution in [3.05, 3.63) is 23.8 Å². The first kappa shape index (κ1) is 11.4. The summed E-state index contributed by atoms with van der Waals surface area (Å²) in [6.07, 6.45) is 5.04. The highest BCUT2D eigenvalue weighted by Gasteiger charge is 2.53. The standard InChI is InChI=1S/C14H17NO3/c16-11-4-1-9(7-12(11)17)13(18)15-8-14(5-6-14)10-2-3-10/h1,4,7,10,16-17H,2-3,5-6,8H2,(H,15,18). The van der Waals surface area contributed by atoms with Gasteiger partial charge in [0.1, 0.15) is 0 Å². The highest BCUT2D eigenvalue weighted by Crippen LogP contribution is 2.60. The minimum Gasteiger partial charge on any atom is -0.504 e. The van der Waals surface area contributed by atoms with E-state index in [4.69, 9.17) is 0 Å². The average Bonchev–Trinajstić information content (AvgIpc) is 3.22. The summed E-state index contributed by atoms with van der Waals surface area (Å²) >= 11 is 0. The Labute approximate surface area is 106 Å². The van der Waals surface area contributed by atoms with Crippen LogP contribution in [-0.2, 0) is 0 Å². The van der Waals surface area contributed by atoms with Crippen molar-refractivity contribution in [2.24, 2.45) is 11.3 Å². The zero-order valence-corrected chi connectivity index (χ0v) is 10.1. The zero-order valence-electron chi connectivity index (χ0n) is 10.1. The van der Waals surface area contributed by atoms with E-state index in [-0.39, 0.29) is 17.4 Å². The SMILES string of the molecule is O=C(NCC1(C2CC2)CC1)c1ccc(O)c(O)c1. The summed E-state index contributed by atoms with van der Waals surface area (Å²) in [7, 11) is 0. The van der Waals surface area contributed by atoms with Crippen LogP contribution in [0, 0.1) is 11.3 Å². The van der Waals surface area contributed by atoms with E-state index < -0.39 is 0 Å². The van der Waals surface area contributed by atoms with Gasteiger partial charge in [-0.2, -0.15) is 0 Å². The molecule has 0 unspecified atom stereocenters. The number of rotatable bonds is 4. The zero-order chi connectivity index (χ0) is 12.8. The number of nitrogens with one attached hydrogen (secondary N) is 1. The lowest BCUT2D eigenvalue weighted by Gasteiger charge is -2.15. The first-order valence-corrected chi connectivity index (χ1v) is 6.41. The van der Waals surface area contributed by atoms with Crippen molar-refractivity contribution < 1.29 is 15.0 Å². The Hall–Kier alpha value is -1.71. The third kappa shape index (κ3) is 2.03. The Balaban J connectivity index is 1.62. The molecule has 0 saturated heterocycles. The Morgan fingerprint density at radius 2 is 2.00 bits per heavy atom. The Kier molecular flexibility index (Phi) is 2.47. The van der Waals surface area contributed by atoms with Crippen LogP contribution in [0.25, 0.3) is 0 Å². The minimum atomic E-state index is -0.258. The topological polar surface area (TPSA) is 69.6 Å². The lowest BCUT2D eigenvalue weighted by atomic mass is 10.0. The van der Waals surface area contributed by atoms with Crippen LogP contribution in [0.1, 0.15) is 36.0 Å². The molecule has 1 aromatic rings. The molecular weight excluding hydrogens is 230 g/mol. The number of carbonyl (C=O) groups excluding carboxylic acids is 1. The number of phenolic OH excluding ortho intramolecular Hbond substituents is 2. The van der Waals surface area contributed by atoms with Crippen molar-refractivity contribution >= 4 is 5.91 Å². The number of aromatic hydroxyl groups is 2. The van der Waals surface area contributed by atoms with E-state index in [1.807, 2.05) is 0 Å². The lowest BCUT2D eigenvalue weighted by Crippen LogP contribution is -2.31. The third-order valence-electron chi connectivity index (χ3n) is 4.17. The largest absolute Gasteiger partial charge is 0.504 e. The number of amides is 1. The molecule has 1 amide bonds. The van der Waals surface area contributed by atoms with E-state index in [1.54, 1.807) is 0 Å². The van der Waals surface area contributed by atoms with Crippen LogP contribution >= 0.6 is 0 Å². The van der Waals surface area contributed by atoms with Crippen molar-refractivity contribution in [2.45, 2.75) is 25.7 Å². The van der Waals surface area contributed by atoms with E-state index >= 15 is 0 Å². The average molecular weight is 247 g/mol. The van der Waals surface area contributed by atoms with Gasteiger partial charge in [0.2, 0.25) is 0 Å². The molecule has 4 nitrogen and oxygen atoms in total. The molecule has 3 N–H and O–H groups in total. The van der Waals surface area contributed by atoms with Gasteiger partial charge in [-0.05, 0) is 55.2 Å². The van der Waals surface area contributed by atoms with Crippen LogP contribution in [0.15, 0.2) is 18.2 Å². The van der Waals surface area contributed by atoms with Gasteiger partial charge in [-0.25, -0.2) is 0 Å². The number of hydrogen-bond acceptors (Lipinski definition) is 3. The molecule has 0 atom stereocenters. The molecule has 0 spiro atoms. The van der Waals surface area contributed by atoms with Gasteiger partial charge < -0.3 is 15.5 Å². The van der Waals surface area contributed by atoms with Crippen LogP contribution in [0.4, 0.5) is 0 Å². The van der Waals surface area contributed by atoms with Gasteiger partial charge in [0.05, 0.1) is 0 Å². The quantitative estimate of drug-likeness (QED) is 0.713. The van der Waals surface area contributed by atoms with Crippen LogP contribution in [-0.4, -0.2) is 22.7 Å².